The van der Waals surface area contributed by atoms with Gasteiger partial charge in [-0.25, -0.2) is 0 Å². The maximum absolute atomic E-state index is 12.6. The maximum atomic E-state index is 12.6. The van der Waals surface area contributed by atoms with E-state index in [1.807, 2.05) is 25.1 Å². The van der Waals surface area contributed by atoms with Crippen LogP contribution in [0.1, 0.15) is 60.8 Å². The molecule has 0 aliphatic carbocycles. The Balaban J connectivity index is 2.12. The number of hydrogen-bond donors (Lipinski definition) is 1. The molecule has 29 heavy (non-hydrogen) atoms. The molecule has 0 bridgehead atoms. The molecule has 1 atom stereocenters. The molecule has 0 saturated heterocycles. The Kier molecular flexibility index (Phi) is 7.94. The Labute approximate surface area is 170 Å². The third-order valence-electron chi connectivity index (χ3n) is 4.57. The molecule has 1 heterocycles. The van der Waals surface area contributed by atoms with Crippen molar-refractivity contribution in [2.45, 2.75) is 46.1 Å². The fourth-order valence-corrected chi connectivity index (χ4v) is 2.82. The number of aryl methyl sites for hydroxylation is 1. The normalized spacial score (nSPS) is 11.6. The first-order valence-electron chi connectivity index (χ1n) is 9.60. The molecule has 2 aromatic rings. The van der Waals surface area contributed by atoms with Crippen LogP contribution in [0.5, 0.6) is 11.5 Å². The van der Waals surface area contributed by atoms with Gasteiger partial charge in [-0.05, 0) is 38.0 Å². The Hall–Kier alpha value is -3.16. The summed E-state index contributed by atoms with van der Waals surface area (Å²) in [6.45, 7) is 6.22. The van der Waals surface area contributed by atoms with Gasteiger partial charge in [-0.1, -0.05) is 25.8 Å². The summed E-state index contributed by atoms with van der Waals surface area (Å²) in [6, 6.07) is 6.39. The lowest BCUT2D eigenvalue weighted by atomic mass is 10.1. The number of hydrogen-bond acceptors (Lipinski definition) is 6. The number of nitro groups is 1. The Morgan fingerprint density at radius 2 is 2.03 bits per heavy atom. The predicted octanol–water partition coefficient (Wildman–Crippen LogP) is 4.37. The van der Waals surface area contributed by atoms with Gasteiger partial charge in [0.15, 0.2) is 11.5 Å². The zero-order chi connectivity index (χ0) is 21.4. The SMILES string of the molecule is CCCCCOc1ccc(C(C)NC(=O)c2cc([N+](=O)[O-])cnc2C)cc1OC. The van der Waals surface area contributed by atoms with Crippen LogP contribution < -0.4 is 14.8 Å². The molecule has 1 aromatic carbocycles. The van der Waals surface area contributed by atoms with Crippen molar-refractivity contribution in [3.05, 3.63) is 57.4 Å². The predicted molar refractivity (Wildman–Crippen MR) is 110 cm³/mol. The summed E-state index contributed by atoms with van der Waals surface area (Å²) in [6.07, 6.45) is 4.34. The zero-order valence-electron chi connectivity index (χ0n) is 17.2. The molecular weight excluding hydrogens is 374 g/mol. The van der Waals surface area contributed by atoms with E-state index in [0.717, 1.165) is 31.0 Å². The topological polar surface area (TPSA) is 104 Å². The molecule has 1 unspecified atom stereocenters. The molecule has 1 N–H and O–H groups in total. The van der Waals surface area contributed by atoms with Crippen LogP contribution >= 0.6 is 0 Å². The van der Waals surface area contributed by atoms with E-state index in [1.165, 1.54) is 6.07 Å². The Morgan fingerprint density at radius 3 is 2.69 bits per heavy atom. The lowest BCUT2D eigenvalue weighted by molar-refractivity contribution is -0.385. The van der Waals surface area contributed by atoms with Crippen molar-refractivity contribution < 1.29 is 19.2 Å². The number of methoxy groups -OCH3 is 1. The van der Waals surface area contributed by atoms with Crippen molar-refractivity contribution in [2.24, 2.45) is 0 Å². The van der Waals surface area contributed by atoms with E-state index in [-0.39, 0.29) is 17.3 Å². The van der Waals surface area contributed by atoms with Gasteiger partial charge in [0.25, 0.3) is 11.6 Å². The number of pyridine rings is 1. The maximum Gasteiger partial charge on any atom is 0.288 e. The van der Waals surface area contributed by atoms with Crippen LogP contribution in [0.15, 0.2) is 30.5 Å². The Morgan fingerprint density at radius 1 is 1.28 bits per heavy atom. The summed E-state index contributed by atoms with van der Waals surface area (Å²) in [5.41, 5.74) is 1.20. The molecule has 0 aliphatic heterocycles. The minimum atomic E-state index is -0.573. The van der Waals surface area contributed by atoms with Gasteiger partial charge in [0.05, 0.1) is 35.9 Å². The van der Waals surface area contributed by atoms with Crippen LogP contribution in [0, 0.1) is 17.0 Å². The third-order valence-corrected chi connectivity index (χ3v) is 4.57. The number of benzene rings is 1. The molecule has 1 aromatic heterocycles. The third kappa shape index (κ3) is 5.91. The van der Waals surface area contributed by atoms with E-state index in [4.69, 9.17) is 9.47 Å². The second kappa shape index (κ2) is 10.4. The lowest BCUT2D eigenvalue weighted by Crippen LogP contribution is -2.27. The highest BCUT2D eigenvalue weighted by Crippen LogP contribution is 2.30. The second-order valence-corrected chi connectivity index (χ2v) is 6.74. The first kappa shape index (κ1) is 22.1. The van der Waals surface area contributed by atoms with Crippen molar-refractivity contribution in [1.82, 2.24) is 10.3 Å². The second-order valence-electron chi connectivity index (χ2n) is 6.74. The minimum Gasteiger partial charge on any atom is -0.493 e. The Bertz CT molecular complexity index is 869. The molecule has 8 heteroatoms. The quantitative estimate of drug-likeness (QED) is 0.360. The standard InChI is InChI=1S/C21H27N3O5/c1-5-6-7-10-29-19-9-8-16(11-20(19)28-4)14(2)23-21(25)18-12-17(24(26)27)13-22-15(18)3/h8-9,11-14H,5-7,10H2,1-4H3,(H,23,25). The van der Waals surface area contributed by atoms with E-state index in [1.54, 1.807) is 14.0 Å². The highest BCUT2D eigenvalue weighted by molar-refractivity contribution is 5.96. The number of rotatable bonds is 10. The highest BCUT2D eigenvalue weighted by Gasteiger charge is 2.19. The molecule has 156 valence electrons. The summed E-state index contributed by atoms with van der Waals surface area (Å²) < 4.78 is 11.2. The van der Waals surface area contributed by atoms with Crippen molar-refractivity contribution in [1.29, 1.82) is 0 Å². The van der Waals surface area contributed by atoms with Gasteiger partial charge in [-0.2, -0.15) is 0 Å². The van der Waals surface area contributed by atoms with Crippen LogP contribution in [0.2, 0.25) is 0 Å². The van der Waals surface area contributed by atoms with Gasteiger partial charge in [0, 0.05) is 6.07 Å². The molecule has 1 amide bonds. The van der Waals surface area contributed by atoms with Crippen molar-refractivity contribution >= 4 is 11.6 Å². The molecular formula is C21H27N3O5. The van der Waals surface area contributed by atoms with E-state index < -0.39 is 10.8 Å². The average molecular weight is 401 g/mol. The number of carbonyl (C=O) groups is 1. The van der Waals surface area contributed by atoms with Crippen LogP contribution in [0.3, 0.4) is 0 Å². The van der Waals surface area contributed by atoms with E-state index in [9.17, 15) is 14.9 Å². The van der Waals surface area contributed by atoms with Crippen LogP contribution in [-0.2, 0) is 0 Å². The summed E-state index contributed by atoms with van der Waals surface area (Å²) in [4.78, 5) is 26.9. The number of ether oxygens (including phenoxy) is 2. The van der Waals surface area contributed by atoms with Crippen LogP contribution in [0.4, 0.5) is 5.69 Å². The lowest BCUT2D eigenvalue weighted by Gasteiger charge is -2.17. The molecule has 0 fully saturated rings. The fraction of sp³-hybridized carbons (Fsp3) is 0.429. The minimum absolute atomic E-state index is 0.175. The number of unbranched alkanes of at least 4 members (excludes halogenated alkanes) is 2. The summed E-state index contributed by atoms with van der Waals surface area (Å²) in [7, 11) is 1.57. The van der Waals surface area contributed by atoms with E-state index >= 15 is 0 Å². The molecule has 0 aliphatic rings. The summed E-state index contributed by atoms with van der Waals surface area (Å²) in [5.74, 6) is 0.822. The van der Waals surface area contributed by atoms with Crippen LogP contribution in [0.25, 0.3) is 0 Å². The zero-order valence-corrected chi connectivity index (χ0v) is 17.2. The summed E-state index contributed by atoms with van der Waals surface area (Å²) >= 11 is 0. The monoisotopic (exact) mass is 401 g/mol. The number of aromatic nitrogens is 1. The van der Waals surface area contributed by atoms with Gasteiger partial charge in [0.2, 0.25) is 0 Å². The fourth-order valence-electron chi connectivity index (χ4n) is 2.82. The average Bonchev–Trinajstić information content (AvgIpc) is 2.71. The first-order chi connectivity index (χ1) is 13.9. The van der Waals surface area contributed by atoms with Crippen LogP contribution in [-0.4, -0.2) is 29.5 Å². The largest absolute Gasteiger partial charge is 0.493 e. The highest BCUT2D eigenvalue weighted by atomic mass is 16.6. The molecule has 8 nitrogen and oxygen atoms in total. The van der Waals surface area contributed by atoms with E-state index in [2.05, 4.69) is 17.2 Å². The van der Waals surface area contributed by atoms with Gasteiger partial charge >= 0.3 is 0 Å². The number of nitrogens with one attached hydrogen (secondary N) is 1. The van der Waals surface area contributed by atoms with Crippen molar-refractivity contribution in [3.63, 3.8) is 0 Å². The van der Waals surface area contributed by atoms with Gasteiger partial charge in [0.1, 0.15) is 6.20 Å². The number of nitrogens with zero attached hydrogens (tertiary/aromatic N) is 2. The van der Waals surface area contributed by atoms with Gasteiger partial charge < -0.3 is 14.8 Å². The van der Waals surface area contributed by atoms with Crippen molar-refractivity contribution in [2.75, 3.05) is 13.7 Å². The molecule has 0 spiro atoms. The van der Waals surface area contributed by atoms with Gasteiger partial charge in [-0.15, -0.1) is 0 Å². The number of carbonyl (C=O) groups excluding carboxylic acids is 1. The first-order valence-corrected chi connectivity index (χ1v) is 9.60. The van der Waals surface area contributed by atoms with E-state index in [0.29, 0.717) is 23.8 Å². The molecule has 0 saturated carbocycles. The summed E-state index contributed by atoms with van der Waals surface area (Å²) in [5, 5.41) is 13.8. The van der Waals surface area contributed by atoms with Crippen molar-refractivity contribution in [3.8, 4) is 11.5 Å². The smallest absolute Gasteiger partial charge is 0.288 e. The molecule has 0 radical (unpaired) electrons. The molecule has 2 rings (SSSR count). The number of amides is 1. The van der Waals surface area contributed by atoms with Gasteiger partial charge in [-0.3, -0.25) is 19.9 Å².